The Hall–Kier alpha value is -3.05. The van der Waals surface area contributed by atoms with Gasteiger partial charge in [0.15, 0.2) is 0 Å². The van der Waals surface area contributed by atoms with Crippen molar-refractivity contribution in [1.82, 2.24) is 9.78 Å². The van der Waals surface area contributed by atoms with Gasteiger partial charge in [-0.2, -0.15) is 5.10 Å². The van der Waals surface area contributed by atoms with Gasteiger partial charge in [-0.1, -0.05) is 29.8 Å². The third kappa shape index (κ3) is 2.35. The Kier molecular flexibility index (Phi) is 3.36. The van der Waals surface area contributed by atoms with E-state index in [1.165, 1.54) is 4.68 Å². The predicted molar refractivity (Wildman–Crippen MR) is 94.5 cm³/mol. The smallest absolute Gasteiger partial charge is 0.349 e. The van der Waals surface area contributed by atoms with Gasteiger partial charge in [-0.3, -0.25) is 0 Å². The molecule has 0 bridgehead atoms. The maximum atomic E-state index is 12.4. The Morgan fingerprint density at radius 1 is 1.04 bits per heavy atom. The predicted octanol–water partition coefficient (Wildman–Crippen LogP) is 3.88. The lowest BCUT2D eigenvalue weighted by molar-refractivity contribution is 0.535. The number of rotatable bonds is 2. The van der Waals surface area contributed by atoms with E-state index in [0.717, 1.165) is 11.3 Å². The van der Waals surface area contributed by atoms with Crippen LogP contribution in [0.3, 0.4) is 0 Å². The fourth-order valence-electron chi connectivity index (χ4n) is 2.59. The van der Waals surface area contributed by atoms with Gasteiger partial charge in [0, 0.05) is 16.7 Å². The van der Waals surface area contributed by atoms with Crippen molar-refractivity contribution >= 4 is 28.3 Å². The summed E-state index contributed by atoms with van der Waals surface area (Å²) >= 11 is 5.89. The van der Waals surface area contributed by atoms with Crippen LogP contribution in [0.4, 0.5) is 5.82 Å². The van der Waals surface area contributed by atoms with Gasteiger partial charge in [-0.25, -0.2) is 9.48 Å². The standard InChI is InChI=1S/C18H12ClN3O2/c19-12-8-6-11(7-9-12)15-10-14-16(18(23)24-15)17(20)22(21-14)13-4-2-1-3-5-13/h1-10H,20H2. The second-order valence-corrected chi connectivity index (χ2v) is 5.73. The number of benzene rings is 2. The van der Waals surface area contributed by atoms with E-state index < -0.39 is 5.63 Å². The minimum atomic E-state index is -0.517. The summed E-state index contributed by atoms with van der Waals surface area (Å²) in [5.74, 6) is 0.675. The van der Waals surface area contributed by atoms with Gasteiger partial charge < -0.3 is 10.2 Å². The third-order valence-corrected chi connectivity index (χ3v) is 4.00. The lowest BCUT2D eigenvalue weighted by Gasteiger charge is -2.02. The van der Waals surface area contributed by atoms with Crippen LogP contribution >= 0.6 is 11.6 Å². The van der Waals surface area contributed by atoms with Gasteiger partial charge in [-0.15, -0.1) is 0 Å². The van der Waals surface area contributed by atoms with E-state index in [2.05, 4.69) is 5.10 Å². The van der Waals surface area contributed by atoms with Crippen molar-refractivity contribution in [2.24, 2.45) is 0 Å². The molecule has 24 heavy (non-hydrogen) atoms. The molecule has 0 aliphatic heterocycles. The molecule has 0 unspecified atom stereocenters. The van der Waals surface area contributed by atoms with Crippen molar-refractivity contribution in [2.75, 3.05) is 5.73 Å². The molecule has 2 heterocycles. The van der Waals surface area contributed by atoms with Crippen molar-refractivity contribution < 1.29 is 4.42 Å². The molecule has 0 radical (unpaired) electrons. The summed E-state index contributed by atoms with van der Waals surface area (Å²) in [7, 11) is 0. The highest BCUT2D eigenvalue weighted by atomic mass is 35.5. The zero-order valence-electron chi connectivity index (χ0n) is 12.4. The number of fused-ring (bicyclic) bond motifs is 1. The van der Waals surface area contributed by atoms with E-state index in [-0.39, 0.29) is 11.2 Å². The molecule has 6 heteroatoms. The van der Waals surface area contributed by atoms with E-state index in [1.54, 1.807) is 30.3 Å². The molecule has 0 aliphatic carbocycles. The quantitative estimate of drug-likeness (QED) is 0.602. The van der Waals surface area contributed by atoms with Crippen molar-refractivity contribution in [2.45, 2.75) is 0 Å². The Morgan fingerprint density at radius 3 is 2.46 bits per heavy atom. The molecule has 5 nitrogen and oxygen atoms in total. The van der Waals surface area contributed by atoms with Gasteiger partial charge in [0.05, 0.1) is 5.69 Å². The highest BCUT2D eigenvalue weighted by molar-refractivity contribution is 6.30. The number of nitrogen functional groups attached to an aromatic ring is 1. The van der Waals surface area contributed by atoms with Crippen molar-refractivity contribution in [3.05, 3.63) is 76.1 Å². The molecule has 2 aromatic carbocycles. The second-order valence-electron chi connectivity index (χ2n) is 5.30. The molecule has 0 spiro atoms. The zero-order valence-corrected chi connectivity index (χ0v) is 13.2. The minimum absolute atomic E-state index is 0.257. The Bertz CT molecular complexity index is 1080. The molecular formula is C18H12ClN3O2. The highest BCUT2D eigenvalue weighted by Gasteiger charge is 2.16. The topological polar surface area (TPSA) is 74.1 Å². The molecule has 2 aromatic heterocycles. The van der Waals surface area contributed by atoms with E-state index in [1.807, 2.05) is 30.3 Å². The molecule has 4 rings (SSSR count). The molecule has 0 atom stereocenters. The third-order valence-electron chi connectivity index (χ3n) is 3.75. The summed E-state index contributed by atoms with van der Waals surface area (Å²) in [4.78, 5) is 12.4. The maximum Gasteiger partial charge on any atom is 0.349 e. The Morgan fingerprint density at radius 2 is 1.75 bits per heavy atom. The number of nitrogens with two attached hydrogens (primary N) is 1. The Balaban J connectivity index is 1.93. The maximum absolute atomic E-state index is 12.4. The van der Waals surface area contributed by atoms with Gasteiger partial charge in [-0.05, 0) is 36.4 Å². The fourth-order valence-corrected chi connectivity index (χ4v) is 2.71. The van der Waals surface area contributed by atoms with Crippen LogP contribution in [0.1, 0.15) is 0 Å². The monoisotopic (exact) mass is 337 g/mol. The summed E-state index contributed by atoms with van der Waals surface area (Å²) in [6.07, 6.45) is 0. The lowest BCUT2D eigenvalue weighted by atomic mass is 10.1. The SMILES string of the molecule is Nc1c2c(=O)oc(-c3ccc(Cl)cc3)cc2nn1-c1ccccc1. The molecule has 0 saturated carbocycles. The number of hydrogen-bond donors (Lipinski definition) is 1. The minimum Gasteiger partial charge on any atom is -0.422 e. The molecule has 2 N–H and O–H groups in total. The van der Waals surface area contributed by atoms with E-state index in [4.69, 9.17) is 21.8 Å². The number of nitrogens with zero attached hydrogens (tertiary/aromatic N) is 2. The number of aromatic nitrogens is 2. The summed E-state index contributed by atoms with van der Waals surface area (Å²) in [5.41, 5.74) is 7.59. The van der Waals surface area contributed by atoms with Crippen LogP contribution in [-0.4, -0.2) is 9.78 Å². The zero-order chi connectivity index (χ0) is 16.7. The van der Waals surface area contributed by atoms with E-state index in [9.17, 15) is 4.79 Å². The fraction of sp³-hybridized carbons (Fsp3) is 0. The second kappa shape index (κ2) is 5.54. The summed E-state index contributed by atoms with van der Waals surface area (Å²) in [5, 5.41) is 5.34. The number of halogens is 1. The first kappa shape index (κ1) is 14.5. The number of para-hydroxylation sites is 1. The molecular weight excluding hydrogens is 326 g/mol. The normalized spacial score (nSPS) is 11.0. The first-order chi connectivity index (χ1) is 11.6. The molecule has 4 aromatic rings. The summed E-state index contributed by atoms with van der Waals surface area (Å²) < 4.78 is 6.95. The summed E-state index contributed by atoms with van der Waals surface area (Å²) in [6, 6.07) is 18.1. The molecule has 0 amide bonds. The summed E-state index contributed by atoms with van der Waals surface area (Å²) in [6.45, 7) is 0. The van der Waals surface area contributed by atoms with Gasteiger partial charge in [0.2, 0.25) is 0 Å². The van der Waals surface area contributed by atoms with E-state index >= 15 is 0 Å². The molecule has 0 fully saturated rings. The van der Waals surface area contributed by atoms with Gasteiger partial charge in [0.25, 0.3) is 0 Å². The van der Waals surface area contributed by atoms with Crippen LogP contribution in [0.2, 0.25) is 5.02 Å². The average molecular weight is 338 g/mol. The van der Waals surface area contributed by atoms with Crippen LogP contribution in [0.15, 0.2) is 69.9 Å². The average Bonchev–Trinajstić information content (AvgIpc) is 2.93. The molecule has 0 saturated heterocycles. The number of anilines is 1. The van der Waals surface area contributed by atoms with Crippen LogP contribution in [-0.2, 0) is 0 Å². The van der Waals surface area contributed by atoms with Crippen molar-refractivity contribution in [1.29, 1.82) is 0 Å². The number of hydrogen-bond acceptors (Lipinski definition) is 4. The van der Waals surface area contributed by atoms with E-state index in [0.29, 0.717) is 16.3 Å². The molecule has 0 aliphatic rings. The van der Waals surface area contributed by atoms with Gasteiger partial charge >= 0.3 is 5.63 Å². The van der Waals surface area contributed by atoms with Crippen LogP contribution < -0.4 is 11.4 Å². The first-order valence-corrected chi connectivity index (χ1v) is 7.65. The Labute approximate surface area is 141 Å². The highest BCUT2D eigenvalue weighted by Crippen LogP contribution is 2.26. The van der Waals surface area contributed by atoms with Crippen LogP contribution in [0.25, 0.3) is 27.9 Å². The van der Waals surface area contributed by atoms with Crippen LogP contribution in [0, 0.1) is 0 Å². The van der Waals surface area contributed by atoms with Crippen molar-refractivity contribution in [3.63, 3.8) is 0 Å². The molecule has 118 valence electrons. The van der Waals surface area contributed by atoms with Crippen LogP contribution in [0.5, 0.6) is 0 Å². The first-order valence-electron chi connectivity index (χ1n) is 7.27. The lowest BCUT2D eigenvalue weighted by Crippen LogP contribution is -2.04. The van der Waals surface area contributed by atoms with Gasteiger partial charge in [0.1, 0.15) is 22.5 Å². The van der Waals surface area contributed by atoms with Crippen molar-refractivity contribution in [3.8, 4) is 17.0 Å². The largest absolute Gasteiger partial charge is 0.422 e.